The summed E-state index contributed by atoms with van der Waals surface area (Å²) in [4.78, 5) is 11.0. The Morgan fingerprint density at radius 3 is 3.07 bits per heavy atom. The lowest BCUT2D eigenvalue weighted by Gasteiger charge is -2.07. The lowest BCUT2D eigenvalue weighted by atomic mass is 10.2. The lowest BCUT2D eigenvalue weighted by Crippen LogP contribution is -2.07. The molecule has 0 aromatic rings. The molecule has 76 valence electrons. The predicted octanol–water partition coefficient (Wildman–Crippen LogP) is 2.95. The molecule has 1 aliphatic carbocycles. The van der Waals surface area contributed by atoms with Crippen LogP contribution in [0.3, 0.4) is 0 Å². The summed E-state index contributed by atoms with van der Waals surface area (Å²) in [5.74, 6) is 0.571. The lowest BCUT2D eigenvalue weighted by molar-refractivity contribution is 0.0886. The summed E-state index contributed by atoms with van der Waals surface area (Å²) >= 11 is 0. The molecule has 0 heterocycles. The smallest absolute Gasteiger partial charge is 0.430 e. The molecule has 0 saturated carbocycles. The Balaban J connectivity index is 2.26. The molecule has 0 saturated heterocycles. The second kappa shape index (κ2) is 6.02. The number of carbonyl (C=O) groups excluding carboxylic acids is 1. The molecular formula is C11H14O3. The first-order valence-corrected chi connectivity index (χ1v) is 4.65. The minimum absolute atomic E-state index is 0.256. The highest BCUT2D eigenvalue weighted by molar-refractivity contribution is 5.62. The molecule has 14 heavy (non-hydrogen) atoms. The van der Waals surface area contributed by atoms with E-state index in [1.54, 1.807) is 12.2 Å². The van der Waals surface area contributed by atoms with Gasteiger partial charge in [-0.05, 0) is 31.9 Å². The average molecular weight is 194 g/mol. The highest BCUT2D eigenvalue weighted by Gasteiger charge is 2.06. The first kappa shape index (κ1) is 10.6. The predicted molar refractivity (Wildman–Crippen MR) is 53.7 cm³/mol. The SMILES string of the molecule is C/C=C\COC(=O)OC1=CCCC=C1. The maximum absolute atomic E-state index is 11.0. The van der Waals surface area contributed by atoms with Crippen molar-refractivity contribution in [1.29, 1.82) is 0 Å². The van der Waals surface area contributed by atoms with Crippen molar-refractivity contribution in [2.75, 3.05) is 6.61 Å². The molecule has 0 spiro atoms. The van der Waals surface area contributed by atoms with E-state index in [9.17, 15) is 4.79 Å². The number of ether oxygens (including phenoxy) is 2. The van der Waals surface area contributed by atoms with Crippen molar-refractivity contribution in [3.8, 4) is 0 Å². The average Bonchev–Trinajstić information content (AvgIpc) is 2.20. The maximum Gasteiger partial charge on any atom is 0.514 e. The van der Waals surface area contributed by atoms with Gasteiger partial charge < -0.3 is 9.47 Å². The number of hydrogen-bond donors (Lipinski definition) is 0. The zero-order chi connectivity index (χ0) is 10.2. The fourth-order valence-corrected chi connectivity index (χ4v) is 1.00. The Kier molecular flexibility index (Phi) is 4.55. The molecule has 0 aromatic heterocycles. The second-order valence-electron chi connectivity index (χ2n) is 2.82. The van der Waals surface area contributed by atoms with E-state index in [1.165, 1.54) is 0 Å². The molecule has 3 heteroatoms. The summed E-state index contributed by atoms with van der Waals surface area (Å²) in [7, 11) is 0. The van der Waals surface area contributed by atoms with Gasteiger partial charge in [-0.3, -0.25) is 0 Å². The van der Waals surface area contributed by atoms with Crippen LogP contribution in [-0.4, -0.2) is 12.8 Å². The van der Waals surface area contributed by atoms with Crippen LogP contribution < -0.4 is 0 Å². The molecule has 0 fully saturated rings. The molecule has 0 amide bonds. The van der Waals surface area contributed by atoms with Gasteiger partial charge in [0, 0.05) is 0 Å². The van der Waals surface area contributed by atoms with Crippen molar-refractivity contribution >= 4 is 6.16 Å². The molecule has 0 aromatic carbocycles. The third-order valence-electron chi connectivity index (χ3n) is 1.70. The first-order valence-electron chi connectivity index (χ1n) is 4.65. The molecule has 0 N–H and O–H groups in total. The fraction of sp³-hybridized carbons (Fsp3) is 0.364. The van der Waals surface area contributed by atoms with Crippen LogP contribution in [0.1, 0.15) is 19.8 Å². The summed E-state index contributed by atoms with van der Waals surface area (Å²) in [6, 6.07) is 0. The molecule has 1 aliphatic rings. The summed E-state index contributed by atoms with van der Waals surface area (Å²) in [5, 5.41) is 0. The van der Waals surface area contributed by atoms with Gasteiger partial charge in [-0.1, -0.05) is 18.2 Å². The highest BCUT2D eigenvalue weighted by Crippen LogP contribution is 2.11. The van der Waals surface area contributed by atoms with E-state index in [4.69, 9.17) is 9.47 Å². The Bertz CT molecular complexity index is 274. The minimum Gasteiger partial charge on any atom is -0.430 e. The van der Waals surface area contributed by atoms with Gasteiger partial charge in [-0.15, -0.1) is 0 Å². The van der Waals surface area contributed by atoms with Crippen LogP contribution in [0.4, 0.5) is 4.79 Å². The zero-order valence-corrected chi connectivity index (χ0v) is 8.23. The topological polar surface area (TPSA) is 35.5 Å². The van der Waals surface area contributed by atoms with Crippen LogP contribution in [0.2, 0.25) is 0 Å². The van der Waals surface area contributed by atoms with Crippen molar-refractivity contribution in [1.82, 2.24) is 0 Å². The number of rotatable bonds is 3. The summed E-state index contributed by atoms with van der Waals surface area (Å²) in [6.45, 7) is 2.12. The summed E-state index contributed by atoms with van der Waals surface area (Å²) in [6.07, 6.45) is 10.4. The third kappa shape index (κ3) is 3.94. The van der Waals surface area contributed by atoms with Crippen LogP contribution >= 0.6 is 0 Å². The quantitative estimate of drug-likeness (QED) is 0.512. The van der Waals surface area contributed by atoms with Crippen molar-refractivity contribution in [2.45, 2.75) is 19.8 Å². The van der Waals surface area contributed by atoms with Gasteiger partial charge >= 0.3 is 6.16 Å². The van der Waals surface area contributed by atoms with Crippen LogP contribution in [0.15, 0.2) is 36.1 Å². The van der Waals surface area contributed by atoms with Gasteiger partial charge in [-0.2, -0.15) is 0 Å². The molecule has 3 nitrogen and oxygen atoms in total. The standard InChI is InChI=1S/C11H14O3/c1-2-3-9-13-11(12)14-10-7-5-4-6-8-10/h2-3,5,7-8H,4,6,9H2,1H3/b3-2-. The maximum atomic E-state index is 11.0. The summed E-state index contributed by atoms with van der Waals surface area (Å²) in [5.41, 5.74) is 0. The van der Waals surface area contributed by atoms with Gasteiger partial charge in [0.1, 0.15) is 12.4 Å². The molecule has 1 rings (SSSR count). The van der Waals surface area contributed by atoms with Crippen LogP contribution in [0.5, 0.6) is 0 Å². The molecule has 0 radical (unpaired) electrons. The van der Waals surface area contributed by atoms with Gasteiger partial charge in [-0.25, -0.2) is 4.79 Å². The van der Waals surface area contributed by atoms with E-state index in [2.05, 4.69) is 0 Å². The fourth-order valence-electron chi connectivity index (χ4n) is 1.00. The van der Waals surface area contributed by atoms with Gasteiger partial charge in [0.25, 0.3) is 0 Å². The summed E-state index contributed by atoms with van der Waals surface area (Å²) < 4.78 is 9.68. The molecule has 0 atom stereocenters. The van der Waals surface area contributed by atoms with E-state index >= 15 is 0 Å². The van der Waals surface area contributed by atoms with Gasteiger partial charge in [0.05, 0.1) is 0 Å². The normalized spacial score (nSPS) is 15.4. The molecule has 0 bridgehead atoms. The molecule has 0 aliphatic heterocycles. The Morgan fingerprint density at radius 2 is 2.43 bits per heavy atom. The van der Waals surface area contributed by atoms with Crippen molar-refractivity contribution in [2.24, 2.45) is 0 Å². The van der Waals surface area contributed by atoms with E-state index in [0.717, 1.165) is 12.8 Å². The number of carbonyl (C=O) groups is 1. The molecular weight excluding hydrogens is 180 g/mol. The van der Waals surface area contributed by atoms with Crippen molar-refractivity contribution in [3.05, 3.63) is 36.1 Å². The third-order valence-corrected chi connectivity index (χ3v) is 1.70. The largest absolute Gasteiger partial charge is 0.514 e. The number of allylic oxidation sites excluding steroid dienone is 4. The van der Waals surface area contributed by atoms with Crippen LogP contribution in [-0.2, 0) is 9.47 Å². The van der Waals surface area contributed by atoms with E-state index < -0.39 is 6.16 Å². The Labute approximate surface area is 83.7 Å². The van der Waals surface area contributed by atoms with Gasteiger partial charge in [0.2, 0.25) is 0 Å². The van der Waals surface area contributed by atoms with Crippen molar-refractivity contribution < 1.29 is 14.3 Å². The molecule has 0 unspecified atom stereocenters. The second-order valence-corrected chi connectivity index (χ2v) is 2.82. The van der Waals surface area contributed by atoms with Crippen LogP contribution in [0, 0.1) is 0 Å². The number of hydrogen-bond acceptors (Lipinski definition) is 3. The minimum atomic E-state index is -0.652. The Hall–Kier alpha value is -1.51. The van der Waals surface area contributed by atoms with E-state index in [-0.39, 0.29) is 6.61 Å². The van der Waals surface area contributed by atoms with Gasteiger partial charge in [0.15, 0.2) is 0 Å². The Morgan fingerprint density at radius 1 is 1.57 bits per heavy atom. The van der Waals surface area contributed by atoms with Crippen LogP contribution in [0.25, 0.3) is 0 Å². The monoisotopic (exact) mass is 194 g/mol. The first-order chi connectivity index (χ1) is 6.83. The van der Waals surface area contributed by atoms with E-state index in [1.807, 2.05) is 25.2 Å². The highest BCUT2D eigenvalue weighted by atomic mass is 16.7. The van der Waals surface area contributed by atoms with E-state index in [0.29, 0.717) is 5.76 Å². The van der Waals surface area contributed by atoms with Crippen molar-refractivity contribution in [3.63, 3.8) is 0 Å². The zero-order valence-electron chi connectivity index (χ0n) is 8.23.